The molecule has 0 aliphatic heterocycles. The van der Waals surface area contributed by atoms with Crippen molar-refractivity contribution in [1.82, 2.24) is 0 Å². The number of Topliss-reactive ketones (excluding diaryl/α,β-unsaturated/α-hetero) is 1. The third-order valence-electron chi connectivity index (χ3n) is 5.86. The van der Waals surface area contributed by atoms with Gasteiger partial charge in [0.2, 0.25) is 0 Å². The van der Waals surface area contributed by atoms with Crippen LogP contribution in [0.2, 0.25) is 0 Å². The first-order valence-electron chi connectivity index (χ1n) is 13.1. The van der Waals surface area contributed by atoms with Gasteiger partial charge in [-0.2, -0.15) is 0 Å². The van der Waals surface area contributed by atoms with E-state index < -0.39 is 13.9 Å². The Morgan fingerprint density at radius 2 is 1.06 bits per heavy atom. The molecule has 32 heavy (non-hydrogen) atoms. The summed E-state index contributed by atoms with van der Waals surface area (Å²) in [5.41, 5.74) is 0. The first-order chi connectivity index (χ1) is 15.0. The van der Waals surface area contributed by atoms with Crippen LogP contribution in [0.25, 0.3) is 0 Å². The fourth-order valence-corrected chi connectivity index (χ4v) is 4.56. The number of hydrogen-bond donors (Lipinski definition) is 2. The molecule has 0 rings (SSSR count). The van der Waals surface area contributed by atoms with Crippen LogP contribution in [0.3, 0.4) is 0 Å². The van der Waals surface area contributed by atoms with Crippen LogP contribution in [0, 0.1) is 0 Å². The van der Waals surface area contributed by atoms with E-state index in [1.54, 1.807) is 0 Å². The molecule has 0 radical (unpaired) electrons. The van der Waals surface area contributed by atoms with Crippen molar-refractivity contribution < 1.29 is 28.2 Å². The Bertz CT molecular complexity index is 501. The van der Waals surface area contributed by atoms with E-state index in [0.717, 1.165) is 19.3 Å². The Balaban J connectivity index is 3.62. The number of quaternary nitrogens is 1. The van der Waals surface area contributed by atoms with Gasteiger partial charge in [0, 0.05) is 6.42 Å². The number of phosphoric ester groups is 1. The number of carbonyl (C=O) groups is 1. The molecule has 0 spiro atoms. The Labute approximate surface area is 198 Å². The number of hydrogen-bond acceptors (Lipinski definition) is 3. The molecule has 0 aliphatic carbocycles. The van der Waals surface area contributed by atoms with Crippen molar-refractivity contribution in [1.29, 1.82) is 0 Å². The zero-order valence-corrected chi connectivity index (χ0v) is 22.4. The minimum atomic E-state index is -4.67. The summed E-state index contributed by atoms with van der Waals surface area (Å²) in [4.78, 5) is 30.5. The van der Waals surface area contributed by atoms with Crippen molar-refractivity contribution >= 4 is 13.6 Å². The molecule has 0 heterocycles. The summed E-state index contributed by atoms with van der Waals surface area (Å²) in [5, 5.41) is 0. The van der Waals surface area contributed by atoms with Gasteiger partial charge < -0.3 is 14.3 Å². The summed E-state index contributed by atoms with van der Waals surface area (Å²) in [5.74, 6) is -0.206. The van der Waals surface area contributed by atoms with Gasteiger partial charge in [-0.05, 0) is 6.42 Å². The van der Waals surface area contributed by atoms with Crippen molar-refractivity contribution in [3.63, 3.8) is 0 Å². The van der Waals surface area contributed by atoms with E-state index in [1.165, 1.54) is 89.9 Å². The van der Waals surface area contributed by atoms with Crippen LogP contribution in [0.4, 0.5) is 0 Å². The van der Waals surface area contributed by atoms with Crippen molar-refractivity contribution in [2.45, 2.75) is 129 Å². The maximum atomic E-state index is 12.4. The van der Waals surface area contributed by atoms with Gasteiger partial charge in [0.05, 0.1) is 21.1 Å². The Morgan fingerprint density at radius 3 is 1.38 bits per heavy atom. The number of ketones is 1. The minimum Gasteiger partial charge on any atom is -0.328 e. The fraction of sp³-hybridized carbons (Fsp3) is 0.960. The number of likely N-dealkylation sites (N-methyl/N-ethyl adjacent to an activating group) is 1. The summed E-state index contributed by atoms with van der Waals surface area (Å²) >= 11 is 0. The molecule has 0 aromatic rings. The zero-order valence-electron chi connectivity index (χ0n) is 21.5. The molecule has 0 aromatic heterocycles. The van der Waals surface area contributed by atoms with Gasteiger partial charge in [0.25, 0.3) is 0 Å². The van der Waals surface area contributed by atoms with Gasteiger partial charge in [-0.25, -0.2) is 4.57 Å². The van der Waals surface area contributed by atoms with Crippen LogP contribution < -0.4 is 0 Å². The molecule has 1 unspecified atom stereocenters. The smallest absolute Gasteiger partial charge is 0.328 e. The highest BCUT2D eigenvalue weighted by Gasteiger charge is 2.32. The maximum absolute atomic E-state index is 12.4. The van der Waals surface area contributed by atoms with Crippen molar-refractivity contribution in [3.8, 4) is 0 Å². The van der Waals surface area contributed by atoms with E-state index in [0.29, 0.717) is 10.9 Å². The number of unbranched alkanes of at least 4 members (excludes halogenated alkanes) is 16. The predicted octanol–water partition coefficient (Wildman–Crippen LogP) is 6.78. The second-order valence-electron chi connectivity index (χ2n) is 10.4. The molecular formula is C25H53NO5P+. The molecule has 1 atom stereocenters. The summed E-state index contributed by atoms with van der Waals surface area (Å²) in [6.45, 7) is 2.52. The van der Waals surface area contributed by atoms with E-state index >= 15 is 0 Å². The molecule has 0 aromatic carbocycles. The molecule has 0 aliphatic rings. The monoisotopic (exact) mass is 478 g/mol. The van der Waals surface area contributed by atoms with E-state index in [1.807, 2.05) is 21.1 Å². The minimum absolute atomic E-state index is 0.206. The lowest BCUT2D eigenvalue weighted by atomic mass is 10.0. The molecule has 0 saturated carbocycles. The Morgan fingerprint density at radius 1 is 0.719 bits per heavy atom. The zero-order chi connectivity index (χ0) is 24.3. The first kappa shape index (κ1) is 31.7. The van der Waals surface area contributed by atoms with Gasteiger partial charge in [0.15, 0.2) is 11.9 Å². The van der Waals surface area contributed by atoms with Crippen molar-refractivity contribution in [3.05, 3.63) is 0 Å². The van der Waals surface area contributed by atoms with Crippen LogP contribution in [-0.4, -0.2) is 53.8 Å². The van der Waals surface area contributed by atoms with Crippen molar-refractivity contribution in [2.75, 3.05) is 27.7 Å². The SMILES string of the molecule is CCCCCCCCCCCCCCCCCCCC(=O)C(C[N+](C)(C)C)OP(=O)(O)O. The van der Waals surface area contributed by atoms with Gasteiger partial charge in [-0.15, -0.1) is 0 Å². The molecule has 0 saturated heterocycles. The standard InChI is InChI=1S/C25H52NO5P/c1-5-6-7-8-9-10-11-12-13-14-15-16-17-18-19-20-21-22-24(27)25(23-26(2,3)4)31-32(28,29)30/h25H,5-23H2,1-4H3,(H-,28,29,30)/p+1. The lowest BCUT2D eigenvalue weighted by Crippen LogP contribution is -2.45. The average molecular weight is 479 g/mol. The van der Waals surface area contributed by atoms with E-state index in [4.69, 9.17) is 14.3 Å². The molecule has 0 fully saturated rings. The molecule has 0 amide bonds. The first-order valence-corrected chi connectivity index (χ1v) is 14.7. The van der Waals surface area contributed by atoms with E-state index in [9.17, 15) is 9.36 Å². The van der Waals surface area contributed by atoms with E-state index in [-0.39, 0.29) is 12.3 Å². The molecule has 0 bridgehead atoms. The molecule has 192 valence electrons. The number of phosphoric acid groups is 1. The Hall–Kier alpha value is -0.260. The quantitative estimate of drug-likeness (QED) is 0.0960. The van der Waals surface area contributed by atoms with Crippen LogP contribution in [0.15, 0.2) is 0 Å². The maximum Gasteiger partial charge on any atom is 0.470 e. The number of rotatable bonds is 23. The highest BCUT2D eigenvalue weighted by molar-refractivity contribution is 7.46. The second-order valence-corrected chi connectivity index (χ2v) is 11.6. The number of carbonyl (C=O) groups excluding carboxylic acids is 1. The normalized spacial score (nSPS) is 13.4. The second kappa shape index (κ2) is 19.1. The largest absolute Gasteiger partial charge is 0.470 e. The Kier molecular flexibility index (Phi) is 18.9. The third-order valence-corrected chi connectivity index (χ3v) is 6.39. The van der Waals surface area contributed by atoms with Crippen LogP contribution in [0.1, 0.15) is 122 Å². The highest BCUT2D eigenvalue weighted by atomic mass is 31.2. The molecule has 2 N–H and O–H groups in total. The van der Waals surface area contributed by atoms with Gasteiger partial charge in [-0.3, -0.25) is 9.32 Å². The predicted molar refractivity (Wildman–Crippen MR) is 134 cm³/mol. The van der Waals surface area contributed by atoms with Crippen LogP contribution >= 0.6 is 7.82 Å². The van der Waals surface area contributed by atoms with Gasteiger partial charge >= 0.3 is 7.82 Å². The summed E-state index contributed by atoms with van der Waals surface area (Å²) < 4.78 is 16.4. The van der Waals surface area contributed by atoms with Gasteiger partial charge in [0.1, 0.15) is 6.54 Å². The lowest BCUT2D eigenvalue weighted by Gasteiger charge is -2.28. The molecule has 7 heteroatoms. The van der Waals surface area contributed by atoms with Crippen molar-refractivity contribution in [2.24, 2.45) is 0 Å². The molecular weight excluding hydrogens is 425 g/mol. The third kappa shape index (κ3) is 22.9. The van der Waals surface area contributed by atoms with Crippen LogP contribution in [0.5, 0.6) is 0 Å². The number of nitrogens with zero attached hydrogens (tertiary/aromatic N) is 1. The highest BCUT2D eigenvalue weighted by Crippen LogP contribution is 2.38. The average Bonchev–Trinajstić information content (AvgIpc) is 2.67. The molecule has 6 nitrogen and oxygen atoms in total. The van der Waals surface area contributed by atoms with Crippen LogP contribution in [-0.2, 0) is 13.9 Å². The lowest BCUT2D eigenvalue weighted by molar-refractivity contribution is -0.872. The van der Waals surface area contributed by atoms with Gasteiger partial charge in [-0.1, -0.05) is 110 Å². The van der Waals surface area contributed by atoms with E-state index in [2.05, 4.69) is 6.92 Å². The topological polar surface area (TPSA) is 83.8 Å². The summed E-state index contributed by atoms with van der Waals surface area (Å²) in [7, 11) is 0.952. The fourth-order valence-electron chi connectivity index (χ4n) is 4.04. The summed E-state index contributed by atoms with van der Waals surface area (Å²) in [6.07, 6.45) is 21.1. The summed E-state index contributed by atoms with van der Waals surface area (Å²) in [6, 6.07) is 0.